The fraction of sp³-hybridized carbons (Fsp3) is 0.286. The van der Waals surface area contributed by atoms with E-state index in [9.17, 15) is 9.90 Å². The van der Waals surface area contributed by atoms with Crippen molar-refractivity contribution in [2.24, 2.45) is 0 Å². The van der Waals surface area contributed by atoms with Crippen LogP contribution in [0.3, 0.4) is 0 Å². The van der Waals surface area contributed by atoms with Crippen LogP contribution in [-0.4, -0.2) is 25.3 Å². The zero-order valence-corrected chi connectivity index (χ0v) is 24.9. The van der Waals surface area contributed by atoms with E-state index in [0.717, 1.165) is 30.9 Å². The number of hydrogen-bond donors (Lipinski definition) is 1. The SMILES string of the molecule is C[O-].C[O-].O=C(O)C(c1ccccc1)(c1ccccc1)c1ccccc1.[C-]1=C2CCCCC2=C2CCCC=C12.[Ti+3]. The van der Waals surface area contributed by atoms with E-state index in [1.54, 1.807) is 16.7 Å². The van der Waals surface area contributed by atoms with E-state index in [0.29, 0.717) is 0 Å². The number of allylic oxidation sites excluding steroid dienone is 6. The van der Waals surface area contributed by atoms with Crippen LogP contribution in [0, 0.1) is 6.08 Å². The van der Waals surface area contributed by atoms with Gasteiger partial charge in [0.2, 0.25) is 0 Å². The topological polar surface area (TPSA) is 83.4 Å². The van der Waals surface area contributed by atoms with E-state index in [1.807, 2.05) is 91.0 Å². The molecule has 1 N–H and O–H groups in total. The van der Waals surface area contributed by atoms with Crippen LogP contribution in [0.5, 0.6) is 0 Å². The maximum absolute atomic E-state index is 12.4. The molecule has 0 aliphatic heterocycles. The standard InChI is InChI=1S/C20H16O2.C13H15.2CH3O.Ti/c21-19(22)20(16-10-4-1-5-11-16,17-12-6-2-7-13-17)18-14-8-3-9-15-18;1-3-7-12-10(5-1)9-11-6-2-4-8-13(11)12;2*1-2;/h1-15H,(H,21,22);5H,1-4,6-8H2;2*1H3;/q;3*-1;+3. The van der Waals surface area contributed by atoms with E-state index in [2.05, 4.69) is 12.2 Å². The van der Waals surface area contributed by atoms with Gasteiger partial charge in [-0.15, -0.1) is 11.6 Å². The number of benzene rings is 3. The zero-order valence-electron chi connectivity index (χ0n) is 23.4. The van der Waals surface area contributed by atoms with Gasteiger partial charge in [-0.05, 0) is 23.1 Å². The molecule has 3 aliphatic rings. The second-order valence-corrected chi connectivity index (χ2v) is 9.43. The third-order valence-corrected chi connectivity index (χ3v) is 7.36. The number of carboxylic acids is 1. The van der Waals surface area contributed by atoms with Gasteiger partial charge in [0.25, 0.3) is 0 Å². The minimum absolute atomic E-state index is 0. The van der Waals surface area contributed by atoms with Gasteiger partial charge in [-0.3, -0.25) is 4.79 Å². The first-order valence-corrected chi connectivity index (χ1v) is 13.5. The van der Waals surface area contributed by atoms with Crippen LogP contribution in [0.15, 0.2) is 119 Å². The summed E-state index contributed by atoms with van der Waals surface area (Å²) in [5.41, 5.74) is 7.38. The summed E-state index contributed by atoms with van der Waals surface area (Å²) in [6.45, 7) is 0. The molecule has 0 bridgehead atoms. The summed E-state index contributed by atoms with van der Waals surface area (Å²) in [6.07, 6.45) is 15.3. The Kier molecular flexibility index (Phi) is 14.1. The van der Waals surface area contributed by atoms with E-state index >= 15 is 0 Å². The quantitative estimate of drug-likeness (QED) is 0.246. The molecular weight excluding hydrogens is 532 g/mol. The van der Waals surface area contributed by atoms with Crippen molar-refractivity contribution in [2.45, 2.75) is 50.4 Å². The molecule has 40 heavy (non-hydrogen) atoms. The Balaban J connectivity index is 0.000000265. The van der Waals surface area contributed by atoms with Crippen molar-refractivity contribution in [1.29, 1.82) is 0 Å². The first kappa shape index (κ1) is 33.2. The van der Waals surface area contributed by atoms with Gasteiger partial charge in [0.1, 0.15) is 5.41 Å². The summed E-state index contributed by atoms with van der Waals surface area (Å²) >= 11 is 0. The van der Waals surface area contributed by atoms with Crippen molar-refractivity contribution >= 4 is 5.97 Å². The number of carbonyl (C=O) groups is 1. The summed E-state index contributed by atoms with van der Waals surface area (Å²) < 4.78 is 0. The van der Waals surface area contributed by atoms with Crippen LogP contribution < -0.4 is 10.2 Å². The molecule has 0 aromatic heterocycles. The molecule has 0 unspecified atom stereocenters. The molecule has 0 heterocycles. The van der Waals surface area contributed by atoms with Crippen LogP contribution in [0.4, 0.5) is 0 Å². The van der Waals surface area contributed by atoms with Gasteiger partial charge in [-0.1, -0.05) is 130 Å². The predicted octanol–water partition coefficient (Wildman–Crippen LogP) is 5.77. The van der Waals surface area contributed by atoms with Crippen LogP contribution in [0.25, 0.3) is 0 Å². The van der Waals surface area contributed by atoms with Crippen molar-refractivity contribution in [2.75, 3.05) is 14.2 Å². The van der Waals surface area contributed by atoms with Crippen LogP contribution in [0.1, 0.15) is 61.6 Å². The normalized spacial score (nSPS) is 15.0. The molecule has 6 rings (SSSR count). The fourth-order valence-corrected chi connectivity index (χ4v) is 5.70. The van der Waals surface area contributed by atoms with Gasteiger partial charge < -0.3 is 15.3 Å². The fourth-order valence-electron chi connectivity index (χ4n) is 5.70. The number of hydrogen-bond acceptors (Lipinski definition) is 3. The Morgan fingerprint density at radius 1 is 0.675 bits per heavy atom. The molecule has 3 aromatic carbocycles. The molecule has 0 amide bonds. The average Bonchev–Trinajstić information content (AvgIpc) is 3.40. The molecule has 0 spiro atoms. The molecule has 3 aliphatic carbocycles. The molecule has 1 radical (unpaired) electrons. The second-order valence-electron chi connectivity index (χ2n) is 9.43. The molecule has 5 heteroatoms. The smallest absolute Gasteiger partial charge is 0.857 e. The largest absolute Gasteiger partial charge is 3.00 e. The van der Waals surface area contributed by atoms with Gasteiger partial charge in [0.15, 0.2) is 0 Å². The molecule has 3 aromatic rings. The van der Waals surface area contributed by atoms with E-state index in [-0.39, 0.29) is 21.7 Å². The number of aliphatic carboxylic acids is 1. The van der Waals surface area contributed by atoms with E-state index in [4.69, 9.17) is 10.2 Å². The first-order valence-electron chi connectivity index (χ1n) is 13.5. The van der Waals surface area contributed by atoms with Crippen LogP contribution in [-0.2, 0) is 31.9 Å². The minimum Gasteiger partial charge on any atom is -0.857 e. The minimum atomic E-state index is -1.20. The molecule has 1 fully saturated rings. The molecule has 0 atom stereocenters. The van der Waals surface area contributed by atoms with Gasteiger partial charge in [-0.2, -0.15) is 37.0 Å². The zero-order chi connectivity index (χ0) is 28.1. The van der Waals surface area contributed by atoms with Gasteiger partial charge in [0, 0.05) is 0 Å². The van der Waals surface area contributed by atoms with Crippen LogP contribution in [0.2, 0.25) is 0 Å². The number of rotatable bonds is 4. The van der Waals surface area contributed by atoms with Crippen molar-refractivity contribution < 1.29 is 41.8 Å². The van der Waals surface area contributed by atoms with Crippen molar-refractivity contribution in [3.63, 3.8) is 0 Å². The summed E-state index contributed by atoms with van der Waals surface area (Å²) in [5.74, 6) is -0.879. The summed E-state index contributed by atoms with van der Waals surface area (Å²) in [5, 5.41) is 26.7. The molecule has 205 valence electrons. The second kappa shape index (κ2) is 16.9. The first-order chi connectivity index (χ1) is 19.2. The summed E-state index contributed by atoms with van der Waals surface area (Å²) in [7, 11) is 1.50. The Morgan fingerprint density at radius 2 is 1.10 bits per heavy atom. The van der Waals surface area contributed by atoms with Gasteiger partial charge in [-0.25, -0.2) is 0 Å². The van der Waals surface area contributed by atoms with E-state index < -0.39 is 11.4 Å². The Bertz CT molecular complexity index is 1180. The summed E-state index contributed by atoms with van der Waals surface area (Å²) in [6, 6.07) is 28.1. The van der Waals surface area contributed by atoms with Gasteiger partial charge in [0.05, 0.1) is 0 Å². The average molecular weight is 570 g/mol. The van der Waals surface area contributed by atoms with E-state index in [1.165, 1.54) is 50.5 Å². The maximum atomic E-state index is 12.4. The molecular formula is C35H37O4Ti. The Morgan fingerprint density at radius 3 is 1.55 bits per heavy atom. The van der Waals surface area contributed by atoms with Crippen molar-refractivity contribution in [3.8, 4) is 0 Å². The monoisotopic (exact) mass is 569 g/mol. The predicted molar refractivity (Wildman–Crippen MR) is 153 cm³/mol. The maximum Gasteiger partial charge on any atom is 3.00 e. The van der Waals surface area contributed by atoms with Crippen molar-refractivity contribution in [1.82, 2.24) is 0 Å². The number of fused-ring (bicyclic) bond motifs is 2. The van der Waals surface area contributed by atoms with Crippen LogP contribution >= 0.6 is 0 Å². The number of carboxylic acid groups (broad SMARTS) is 1. The molecule has 4 nitrogen and oxygen atoms in total. The molecule has 1 saturated carbocycles. The summed E-state index contributed by atoms with van der Waals surface area (Å²) in [4.78, 5) is 12.4. The van der Waals surface area contributed by atoms with Crippen molar-refractivity contribution in [3.05, 3.63) is 142 Å². The third-order valence-electron chi connectivity index (χ3n) is 7.36. The molecule has 0 saturated heterocycles. The van der Waals surface area contributed by atoms with Gasteiger partial charge >= 0.3 is 27.7 Å². The Labute approximate surface area is 253 Å². The third kappa shape index (κ3) is 7.19. The Hall–Kier alpha value is -3.02.